The standard InChI is InChI=1S/C13H22ClNO2/c14-9-13(5-1-2-6-13)10-15-12(16)8-11-4-3-7-17-11/h11H,1-10H2,(H,15,16). The fourth-order valence-corrected chi connectivity index (χ4v) is 3.21. The summed E-state index contributed by atoms with van der Waals surface area (Å²) in [6.45, 7) is 1.55. The lowest BCUT2D eigenvalue weighted by atomic mass is 9.88. The van der Waals surface area contributed by atoms with Crippen LogP contribution in [0.15, 0.2) is 0 Å². The largest absolute Gasteiger partial charge is 0.378 e. The minimum Gasteiger partial charge on any atom is -0.378 e. The molecule has 17 heavy (non-hydrogen) atoms. The molecule has 3 nitrogen and oxygen atoms in total. The van der Waals surface area contributed by atoms with Gasteiger partial charge in [0.1, 0.15) is 0 Å². The zero-order valence-electron chi connectivity index (χ0n) is 10.3. The highest BCUT2D eigenvalue weighted by atomic mass is 35.5. The van der Waals surface area contributed by atoms with Crippen molar-refractivity contribution in [1.29, 1.82) is 0 Å². The monoisotopic (exact) mass is 259 g/mol. The number of carbonyl (C=O) groups excluding carboxylic acids is 1. The molecule has 0 spiro atoms. The molecule has 0 aromatic carbocycles. The van der Waals surface area contributed by atoms with Crippen LogP contribution in [0.2, 0.25) is 0 Å². The zero-order chi connectivity index (χ0) is 12.1. The van der Waals surface area contributed by atoms with Crippen molar-refractivity contribution in [3.05, 3.63) is 0 Å². The fraction of sp³-hybridized carbons (Fsp3) is 0.923. The van der Waals surface area contributed by atoms with Gasteiger partial charge in [-0.1, -0.05) is 12.8 Å². The molecule has 1 N–H and O–H groups in total. The van der Waals surface area contributed by atoms with Gasteiger partial charge in [-0.15, -0.1) is 11.6 Å². The van der Waals surface area contributed by atoms with Crippen LogP contribution < -0.4 is 5.32 Å². The molecule has 4 heteroatoms. The van der Waals surface area contributed by atoms with Gasteiger partial charge in [0.05, 0.1) is 12.5 Å². The molecule has 2 rings (SSSR count). The second-order valence-corrected chi connectivity index (χ2v) is 5.72. The van der Waals surface area contributed by atoms with E-state index < -0.39 is 0 Å². The van der Waals surface area contributed by atoms with Crippen molar-refractivity contribution in [1.82, 2.24) is 5.32 Å². The Bertz CT molecular complexity index is 258. The molecule has 1 atom stereocenters. The fourth-order valence-electron chi connectivity index (χ4n) is 2.85. The van der Waals surface area contributed by atoms with Gasteiger partial charge in [-0.2, -0.15) is 0 Å². The molecule has 1 aliphatic carbocycles. The third-order valence-electron chi connectivity index (χ3n) is 4.05. The Morgan fingerprint density at radius 1 is 1.35 bits per heavy atom. The summed E-state index contributed by atoms with van der Waals surface area (Å²) < 4.78 is 5.46. The minimum atomic E-state index is 0.119. The van der Waals surface area contributed by atoms with Crippen LogP contribution in [0.25, 0.3) is 0 Å². The second kappa shape index (κ2) is 6.05. The Balaban J connectivity index is 1.71. The Morgan fingerprint density at radius 3 is 2.71 bits per heavy atom. The van der Waals surface area contributed by atoms with E-state index in [2.05, 4.69) is 5.32 Å². The Labute approximate surface area is 108 Å². The van der Waals surface area contributed by atoms with Gasteiger partial charge < -0.3 is 10.1 Å². The van der Waals surface area contributed by atoms with Crippen LogP contribution in [0.1, 0.15) is 44.9 Å². The van der Waals surface area contributed by atoms with Gasteiger partial charge >= 0.3 is 0 Å². The average Bonchev–Trinajstić information content (AvgIpc) is 2.98. The van der Waals surface area contributed by atoms with Gasteiger partial charge in [0.15, 0.2) is 0 Å². The molecule has 1 saturated carbocycles. The van der Waals surface area contributed by atoms with Crippen molar-refractivity contribution in [2.45, 2.75) is 51.0 Å². The maximum absolute atomic E-state index is 11.8. The van der Waals surface area contributed by atoms with Gasteiger partial charge in [-0.05, 0) is 25.7 Å². The van der Waals surface area contributed by atoms with Crippen LogP contribution in [-0.4, -0.2) is 31.0 Å². The quantitative estimate of drug-likeness (QED) is 0.771. The molecule has 1 heterocycles. The first-order valence-corrected chi connectivity index (χ1v) is 7.22. The number of halogens is 1. The van der Waals surface area contributed by atoms with E-state index in [1.807, 2.05) is 0 Å². The van der Waals surface area contributed by atoms with Crippen molar-refractivity contribution in [2.75, 3.05) is 19.0 Å². The van der Waals surface area contributed by atoms with E-state index in [1.165, 1.54) is 12.8 Å². The first-order chi connectivity index (χ1) is 8.24. The number of rotatable bonds is 5. The first-order valence-electron chi connectivity index (χ1n) is 6.68. The zero-order valence-corrected chi connectivity index (χ0v) is 11.1. The van der Waals surface area contributed by atoms with Crippen molar-refractivity contribution in [3.8, 4) is 0 Å². The van der Waals surface area contributed by atoms with E-state index >= 15 is 0 Å². The third kappa shape index (κ3) is 3.59. The van der Waals surface area contributed by atoms with Crippen LogP contribution in [-0.2, 0) is 9.53 Å². The SMILES string of the molecule is O=C(CC1CCCO1)NCC1(CCl)CCCC1. The van der Waals surface area contributed by atoms with Gasteiger partial charge in [-0.3, -0.25) is 4.79 Å². The second-order valence-electron chi connectivity index (χ2n) is 5.46. The molecule has 1 saturated heterocycles. The topological polar surface area (TPSA) is 38.3 Å². The van der Waals surface area contributed by atoms with Crippen molar-refractivity contribution in [3.63, 3.8) is 0 Å². The van der Waals surface area contributed by atoms with Crippen LogP contribution >= 0.6 is 11.6 Å². The number of hydrogen-bond acceptors (Lipinski definition) is 2. The number of ether oxygens (including phenoxy) is 1. The molecule has 0 aromatic rings. The summed E-state index contributed by atoms with van der Waals surface area (Å²) in [7, 11) is 0. The summed E-state index contributed by atoms with van der Waals surface area (Å²) in [6, 6.07) is 0. The summed E-state index contributed by atoms with van der Waals surface area (Å²) in [6.07, 6.45) is 7.55. The van der Waals surface area contributed by atoms with E-state index in [1.54, 1.807) is 0 Å². The molecule has 0 aromatic heterocycles. The van der Waals surface area contributed by atoms with Crippen molar-refractivity contribution in [2.24, 2.45) is 5.41 Å². The number of carbonyl (C=O) groups is 1. The van der Waals surface area contributed by atoms with E-state index in [-0.39, 0.29) is 17.4 Å². The number of amides is 1. The lowest BCUT2D eigenvalue weighted by Crippen LogP contribution is -2.38. The molecule has 2 aliphatic rings. The Hall–Kier alpha value is -0.280. The number of nitrogens with one attached hydrogen (secondary N) is 1. The predicted molar refractivity (Wildman–Crippen MR) is 68.2 cm³/mol. The normalized spacial score (nSPS) is 27.2. The highest BCUT2D eigenvalue weighted by Gasteiger charge is 2.33. The van der Waals surface area contributed by atoms with Crippen LogP contribution in [0, 0.1) is 5.41 Å². The molecule has 0 bridgehead atoms. The highest BCUT2D eigenvalue weighted by Crippen LogP contribution is 2.38. The number of alkyl halides is 1. The maximum atomic E-state index is 11.8. The molecule has 98 valence electrons. The van der Waals surface area contributed by atoms with E-state index in [0.717, 1.165) is 38.8 Å². The van der Waals surface area contributed by atoms with Gasteiger partial charge in [0, 0.05) is 24.4 Å². The van der Waals surface area contributed by atoms with Crippen molar-refractivity contribution < 1.29 is 9.53 Å². The summed E-state index contributed by atoms with van der Waals surface area (Å²) in [5.74, 6) is 0.779. The van der Waals surface area contributed by atoms with E-state index in [4.69, 9.17) is 16.3 Å². The third-order valence-corrected chi connectivity index (χ3v) is 4.61. The maximum Gasteiger partial charge on any atom is 0.222 e. The van der Waals surface area contributed by atoms with Crippen LogP contribution in [0.5, 0.6) is 0 Å². The van der Waals surface area contributed by atoms with Gasteiger partial charge in [-0.25, -0.2) is 0 Å². The summed E-state index contributed by atoms with van der Waals surface area (Å²) >= 11 is 6.04. The molecule has 0 radical (unpaired) electrons. The molecule has 1 amide bonds. The van der Waals surface area contributed by atoms with Crippen molar-refractivity contribution >= 4 is 17.5 Å². The summed E-state index contributed by atoms with van der Waals surface area (Å²) in [5, 5.41) is 3.04. The lowest BCUT2D eigenvalue weighted by Gasteiger charge is -2.26. The highest BCUT2D eigenvalue weighted by molar-refractivity contribution is 6.18. The number of hydrogen-bond donors (Lipinski definition) is 1. The molecular weight excluding hydrogens is 238 g/mol. The first kappa shape index (κ1) is 13.2. The Morgan fingerprint density at radius 2 is 2.12 bits per heavy atom. The molecule has 1 unspecified atom stereocenters. The summed E-state index contributed by atoms with van der Waals surface area (Å²) in [5.41, 5.74) is 0.160. The average molecular weight is 260 g/mol. The molecular formula is C13H22ClNO2. The van der Waals surface area contributed by atoms with E-state index in [0.29, 0.717) is 12.3 Å². The molecule has 1 aliphatic heterocycles. The Kier molecular flexibility index (Phi) is 4.69. The van der Waals surface area contributed by atoms with Crippen LogP contribution in [0.3, 0.4) is 0 Å². The van der Waals surface area contributed by atoms with Crippen LogP contribution in [0.4, 0.5) is 0 Å². The lowest BCUT2D eigenvalue weighted by molar-refractivity contribution is -0.123. The smallest absolute Gasteiger partial charge is 0.222 e. The minimum absolute atomic E-state index is 0.119. The van der Waals surface area contributed by atoms with E-state index in [9.17, 15) is 4.79 Å². The van der Waals surface area contributed by atoms with Gasteiger partial charge in [0.2, 0.25) is 5.91 Å². The molecule has 2 fully saturated rings. The summed E-state index contributed by atoms with van der Waals surface area (Å²) in [4.78, 5) is 11.8. The predicted octanol–water partition coefficient (Wildman–Crippen LogP) is 2.47. The van der Waals surface area contributed by atoms with Gasteiger partial charge in [0.25, 0.3) is 0 Å².